The Morgan fingerprint density at radius 1 is 0.906 bits per heavy atom. The molecule has 1 atom stereocenters. The Labute approximate surface area is 186 Å². The van der Waals surface area contributed by atoms with Crippen LogP contribution in [0.1, 0.15) is 36.9 Å². The highest BCUT2D eigenvalue weighted by atomic mass is 19.1. The van der Waals surface area contributed by atoms with E-state index in [1.54, 1.807) is 24.3 Å². The van der Waals surface area contributed by atoms with E-state index in [2.05, 4.69) is 15.1 Å². The average Bonchev–Trinajstić information content (AvgIpc) is 3.05. The van der Waals surface area contributed by atoms with E-state index in [4.69, 9.17) is 0 Å². The largest absolute Gasteiger partial charge is 0.326 e. The Bertz CT molecular complexity index is 898. The van der Waals surface area contributed by atoms with Crippen molar-refractivity contribution in [3.05, 3.63) is 71.3 Å². The van der Waals surface area contributed by atoms with Crippen molar-refractivity contribution in [1.82, 2.24) is 20.0 Å². The van der Waals surface area contributed by atoms with E-state index in [1.807, 2.05) is 6.92 Å². The van der Waals surface area contributed by atoms with Gasteiger partial charge in [0.05, 0.1) is 12.7 Å². The van der Waals surface area contributed by atoms with Crippen molar-refractivity contribution in [2.24, 2.45) is 0 Å². The van der Waals surface area contributed by atoms with Crippen molar-refractivity contribution >= 4 is 11.9 Å². The lowest BCUT2D eigenvalue weighted by Gasteiger charge is -2.40. The topological polar surface area (TPSA) is 55.9 Å². The predicted molar refractivity (Wildman–Crippen MR) is 117 cm³/mol. The van der Waals surface area contributed by atoms with Gasteiger partial charge in [-0.05, 0) is 41.8 Å². The summed E-state index contributed by atoms with van der Waals surface area (Å²) in [6, 6.07) is 11.9. The minimum Gasteiger partial charge on any atom is -0.326 e. The SMILES string of the molecule is CCCC1NC(=O)N(CN2CCN(C(c3ccc(F)cc3)c3ccc(F)cc3)CC2)C1=O. The summed E-state index contributed by atoms with van der Waals surface area (Å²) < 4.78 is 27.0. The number of piperazine rings is 1. The Hall–Kier alpha value is -2.84. The van der Waals surface area contributed by atoms with Crippen molar-refractivity contribution in [3.8, 4) is 0 Å². The van der Waals surface area contributed by atoms with E-state index in [1.165, 1.54) is 29.2 Å². The Morgan fingerprint density at radius 3 is 1.94 bits per heavy atom. The van der Waals surface area contributed by atoms with E-state index in [0.717, 1.165) is 17.5 Å². The van der Waals surface area contributed by atoms with Crippen LogP contribution in [0.25, 0.3) is 0 Å². The molecule has 2 aromatic carbocycles. The minimum atomic E-state index is -0.421. The number of carbonyl (C=O) groups excluding carboxylic acids is 2. The van der Waals surface area contributed by atoms with Crippen LogP contribution < -0.4 is 5.32 Å². The molecule has 2 heterocycles. The van der Waals surface area contributed by atoms with Crippen LogP contribution in [-0.4, -0.2) is 65.5 Å². The predicted octanol–water partition coefficient (Wildman–Crippen LogP) is 3.35. The number of hydrogen-bond donors (Lipinski definition) is 1. The first-order valence-electron chi connectivity index (χ1n) is 11.1. The fourth-order valence-corrected chi connectivity index (χ4v) is 4.46. The van der Waals surface area contributed by atoms with Gasteiger partial charge in [0.1, 0.15) is 17.7 Å². The van der Waals surface area contributed by atoms with Gasteiger partial charge in [-0.1, -0.05) is 37.6 Å². The maximum absolute atomic E-state index is 13.5. The molecular weight excluding hydrogens is 414 g/mol. The van der Waals surface area contributed by atoms with Crippen molar-refractivity contribution in [2.45, 2.75) is 31.8 Å². The Morgan fingerprint density at radius 2 is 1.44 bits per heavy atom. The summed E-state index contributed by atoms with van der Waals surface area (Å²) in [4.78, 5) is 30.4. The molecule has 2 aliphatic rings. The molecule has 3 amide bonds. The van der Waals surface area contributed by atoms with Gasteiger partial charge in [-0.25, -0.2) is 18.5 Å². The van der Waals surface area contributed by atoms with Gasteiger partial charge in [0.25, 0.3) is 5.91 Å². The van der Waals surface area contributed by atoms with Gasteiger partial charge in [0.15, 0.2) is 0 Å². The summed E-state index contributed by atoms with van der Waals surface area (Å²) in [7, 11) is 0. The van der Waals surface area contributed by atoms with Crippen LogP contribution in [-0.2, 0) is 4.79 Å². The number of halogens is 2. The molecular formula is C24H28F2N4O2. The molecule has 2 saturated heterocycles. The van der Waals surface area contributed by atoms with Crippen LogP contribution in [0.4, 0.5) is 13.6 Å². The number of amides is 3. The van der Waals surface area contributed by atoms with Crippen LogP contribution in [0.3, 0.4) is 0 Å². The molecule has 32 heavy (non-hydrogen) atoms. The highest BCUT2D eigenvalue weighted by Crippen LogP contribution is 2.30. The third kappa shape index (κ3) is 4.81. The van der Waals surface area contributed by atoms with Crippen LogP contribution in [0, 0.1) is 11.6 Å². The summed E-state index contributed by atoms with van der Waals surface area (Å²) in [6.45, 7) is 5.00. The van der Waals surface area contributed by atoms with E-state index in [9.17, 15) is 18.4 Å². The first-order chi connectivity index (χ1) is 15.5. The fourth-order valence-electron chi connectivity index (χ4n) is 4.46. The first-order valence-corrected chi connectivity index (χ1v) is 11.1. The zero-order valence-corrected chi connectivity index (χ0v) is 18.1. The summed E-state index contributed by atoms with van der Waals surface area (Å²) in [5, 5.41) is 2.76. The minimum absolute atomic E-state index is 0.135. The molecule has 170 valence electrons. The van der Waals surface area contributed by atoms with Gasteiger partial charge in [-0.3, -0.25) is 14.6 Å². The summed E-state index contributed by atoms with van der Waals surface area (Å²) in [5.41, 5.74) is 1.87. The summed E-state index contributed by atoms with van der Waals surface area (Å²) >= 11 is 0. The molecule has 1 N–H and O–H groups in total. The molecule has 2 aliphatic heterocycles. The van der Waals surface area contributed by atoms with E-state index in [-0.39, 0.29) is 36.3 Å². The molecule has 0 aromatic heterocycles. The van der Waals surface area contributed by atoms with Gasteiger partial charge in [0.2, 0.25) is 0 Å². The van der Waals surface area contributed by atoms with E-state index >= 15 is 0 Å². The Kier molecular flexibility index (Phi) is 6.81. The lowest BCUT2D eigenvalue weighted by atomic mass is 9.96. The molecule has 2 fully saturated rings. The molecule has 0 radical (unpaired) electrons. The maximum atomic E-state index is 13.5. The smallest absolute Gasteiger partial charge is 0.325 e. The second kappa shape index (κ2) is 9.75. The van der Waals surface area contributed by atoms with Crippen molar-refractivity contribution in [1.29, 1.82) is 0 Å². The van der Waals surface area contributed by atoms with Crippen molar-refractivity contribution < 1.29 is 18.4 Å². The number of hydrogen-bond acceptors (Lipinski definition) is 4. The second-order valence-corrected chi connectivity index (χ2v) is 8.36. The highest BCUT2D eigenvalue weighted by Gasteiger charge is 2.38. The number of imide groups is 1. The number of benzene rings is 2. The van der Waals surface area contributed by atoms with Gasteiger partial charge < -0.3 is 5.32 Å². The van der Waals surface area contributed by atoms with E-state index in [0.29, 0.717) is 32.6 Å². The molecule has 4 rings (SSSR count). The number of nitrogens with one attached hydrogen (secondary N) is 1. The van der Waals surface area contributed by atoms with Gasteiger partial charge in [0, 0.05) is 26.2 Å². The molecule has 8 heteroatoms. The van der Waals surface area contributed by atoms with Gasteiger partial charge >= 0.3 is 6.03 Å². The third-order valence-electron chi connectivity index (χ3n) is 6.17. The number of rotatable bonds is 7. The first kappa shape index (κ1) is 22.4. The van der Waals surface area contributed by atoms with Crippen molar-refractivity contribution in [3.63, 3.8) is 0 Å². The molecule has 0 bridgehead atoms. The van der Waals surface area contributed by atoms with Gasteiger partial charge in [-0.15, -0.1) is 0 Å². The average molecular weight is 443 g/mol. The quantitative estimate of drug-likeness (QED) is 0.669. The lowest BCUT2D eigenvalue weighted by Crippen LogP contribution is -2.52. The summed E-state index contributed by atoms with van der Waals surface area (Å²) in [6.07, 6.45) is 1.48. The maximum Gasteiger partial charge on any atom is 0.325 e. The van der Waals surface area contributed by atoms with E-state index < -0.39 is 6.04 Å². The highest BCUT2D eigenvalue weighted by molar-refractivity contribution is 6.04. The van der Waals surface area contributed by atoms with Crippen LogP contribution in [0.2, 0.25) is 0 Å². The Balaban J connectivity index is 1.44. The van der Waals surface area contributed by atoms with Crippen LogP contribution >= 0.6 is 0 Å². The zero-order valence-electron chi connectivity index (χ0n) is 18.1. The molecule has 6 nitrogen and oxygen atoms in total. The lowest BCUT2D eigenvalue weighted by molar-refractivity contribution is -0.129. The standard InChI is InChI=1S/C24H28F2N4O2/c1-2-3-21-23(31)30(24(32)27-21)16-28-12-14-29(15-13-28)22(17-4-8-19(25)9-5-17)18-6-10-20(26)11-7-18/h4-11,21-22H,2-3,12-16H2,1H3,(H,27,32). The molecule has 0 aliphatic carbocycles. The molecule has 2 aromatic rings. The van der Waals surface area contributed by atoms with Crippen LogP contribution in [0.15, 0.2) is 48.5 Å². The number of nitrogens with zero attached hydrogens (tertiary/aromatic N) is 3. The number of urea groups is 1. The van der Waals surface area contributed by atoms with Crippen molar-refractivity contribution in [2.75, 3.05) is 32.8 Å². The van der Waals surface area contributed by atoms with Gasteiger partial charge in [-0.2, -0.15) is 0 Å². The zero-order chi connectivity index (χ0) is 22.7. The molecule has 0 saturated carbocycles. The molecule has 1 unspecified atom stereocenters. The number of carbonyl (C=O) groups is 2. The van der Waals surface area contributed by atoms with Crippen LogP contribution in [0.5, 0.6) is 0 Å². The summed E-state index contributed by atoms with van der Waals surface area (Å²) in [5.74, 6) is -0.757. The monoisotopic (exact) mass is 442 g/mol. The second-order valence-electron chi connectivity index (χ2n) is 8.36. The fraction of sp³-hybridized carbons (Fsp3) is 0.417. The third-order valence-corrected chi connectivity index (χ3v) is 6.17. The normalized spacial score (nSPS) is 20.2. The molecule has 0 spiro atoms.